The Hall–Kier alpha value is -1.09. The van der Waals surface area contributed by atoms with Crippen molar-refractivity contribution < 1.29 is 9.13 Å². The highest BCUT2D eigenvalue weighted by Gasteiger charge is 2.30. The van der Waals surface area contributed by atoms with E-state index in [4.69, 9.17) is 4.74 Å². The number of hydrogen-bond acceptors (Lipinski definition) is 2. The standard InChI is InChI=1S/C15H22FNO/c1-3-17-10-11-5-4-6-13(11)14-8-7-12(18-2)9-15(14)16/h7-9,11,13,17H,3-6,10H2,1-2H3. The monoisotopic (exact) mass is 251 g/mol. The molecule has 0 heterocycles. The number of nitrogens with one attached hydrogen (secondary N) is 1. The van der Waals surface area contributed by atoms with Crippen molar-refractivity contribution >= 4 is 0 Å². The zero-order chi connectivity index (χ0) is 13.0. The minimum atomic E-state index is -0.122. The molecule has 2 atom stereocenters. The van der Waals surface area contributed by atoms with Gasteiger partial charge in [-0.2, -0.15) is 0 Å². The molecular weight excluding hydrogens is 229 g/mol. The van der Waals surface area contributed by atoms with Crippen LogP contribution >= 0.6 is 0 Å². The van der Waals surface area contributed by atoms with Gasteiger partial charge >= 0.3 is 0 Å². The minimum absolute atomic E-state index is 0.122. The summed E-state index contributed by atoms with van der Waals surface area (Å²) in [6.45, 7) is 4.08. The van der Waals surface area contributed by atoms with Gasteiger partial charge in [-0.25, -0.2) is 4.39 Å². The highest BCUT2D eigenvalue weighted by Crippen LogP contribution is 2.40. The Morgan fingerprint density at radius 2 is 2.22 bits per heavy atom. The van der Waals surface area contributed by atoms with E-state index in [0.717, 1.165) is 25.1 Å². The highest BCUT2D eigenvalue weighted by molar-refractivity contribution is 5.32. The van der Waals surface area contributed by atoms with Gasteiger partial charge in [0.25, 0.3) is 0 Å². The summed E-state index contributed by atoms with van der Waals surface area (Å²) >= 11 is 0. The van der Waals surface area contributed by atoms with Gasteiger partial charge in [-0.3, -0.25) is 0 Å². The van der Waals surface area contributed by atoms with Crippen molar-refractivity contribution in [3.8, 4) is 5.75 Å². The Morgan fingerprint density at radius 1 is 1.39 bits per heavy atom. The van der Waals surface area contributed by atoms with Crippen molar-refractivity contribution in [3.05, 3.63) is 29.6 Å². The Kier molecular flexibility index (Phi) is 4.59. The number of halogens is 1. The van der Waals surface area contributed by atoms with E-state index in [0.29, 0.717) is 17.6 Å². The summed E-state index contributed by atoms with van der Waals surface area (Å²) < 4.78 is 19.1. The molecule has 3 heteroatoms. The lowest BCUT2D eigenvalue weighted by molar-refractivity contribution is 0.406. The summed E-state index contributed by atoms with van der Waals surface area (Å²) in [5, 5.41) is 3.38. The first-order chi connectivity index (χ1) is 8.76. The van der Waals surface area contributed by atoms with Gasteiger partial charge in [-0.05, 0) is 49.4 Å². The van der Waals surface area contributed by atoms with Crippen molar-refractivity contribution in [1.29, 1.82) is 0 Å². The molecule has 1 aliphatic rings. The average molecular weight is 251 g/mol. The molecule has 0 radical (unpaired) electrons. The number of methoxy groups -OCH3 is 1. The lowest BCUT2D eigenvalue weighted by Gasteiger charge is -2.21. The quantitative estimate of drug-likeness (QED) is 0.866. The second-order valence-electron chi connectivity index (χ2n) is 4.99. The first-order valence-electron chi connectivity index (χ1n) is 6.80. The van der Waals surface area contributed by atoms with Gasteiger partial charge in [0, 0.05) is 6.07 Å². The van der Waals surface area contributed by atoms with Crippen molar-refractivity contribution in [2.24, 2.45) is 5.92 Å². The van der Waals surface area contributed by atoms with E-state index in [1.165, 1.54) is 18.9 Å². The predicted octanol–water partition coefficient (Wildman–Crippen LogP) is 3.33. The fraction of sp³-hybridized carbons (Fsp3) is 0.600. The Morgan fingerprint density at radius 3 is 2.89 bits per heavy atom. The zero-order valence-electron chi connectivity index (χ0n) is 11.2. The number of ether oxygens (including phenoxy) is 1. The van der Waals surface area contributed by atoms with Crippen LogP contribution in [0.2, 0.25) is 0 Å². The second-order valence-corrected chi connectivity index (χ2v) is 4.99. The van der Waals surface area contributed by atoms with Crippen LogP contribution in [0.4, 0.5) is 4.39 Å². The lowest BCUT2D eigenvalue weighted by atomic mass is 9.88. The van der Waals surface area contributed by atoms with Crippen molar-refractivity contribution in [3.63, 3.8) is 0 Å². The molecule has 18 heavy (non-hydrogen) atoms. The van der Waals surface area contributed by atoms with Crippen LogP contribution in [0, 0.1) is 11.7 Å². The maximum atomic E-state index is 14.1. The summed E-state index contributed by atoms with van der Waals surface area (Å²) in [4.78, 5) is 0. The van der Waals surface area contributed by atoms with Crippen LogP contribution in [0.3, 0.4) is 0 Å². The van der Waals surface area contributed by atoms with Crippen LogP contribution < -0.4 is 10.1 Å². The van der Waals surface area contributed by atoms with Crippen LogP contribution in [-0.2, 0) is 0 Å². The molecule has 2 unspecified atom stereocenters. The third-order valence-corrected chi connectivity index (χ3v) is 3.92. The topological polar surface area (TPSA) is 21.3 Å². The highest BCUT2D eigenvalue weighted by atomic mass is 19.1. The van der Waals surface area contributed by atoms with Gasteiger partial charge in [0.05, 0.1) is 7.11 Å². The smallest absolute Gasteiger partial charge is 0.130 e. The minimum Gasteiger partial charge on any atom is -0.497 e. The zero-order valence-corrected chi connectivity index (χ0v) is 11.2. The fourth-order valence-electron chi connectivity index (χ4n) is 2.96. The summed E-state index contributed by atoms with van der Waals surface area (Å²) in [6, 6.07) is 5.25. The van der Waals surface area contributed by atoms with Crippen LogP contribution in [0.1, 0.15) is 37.7 Å². The molecule has 100 valence electrons. The first-order valence-corrected chi connectivity index (χ1v) is 6.80. The van der Waals surface area contributed by atoms with Gasteiger partial charge < -0.3 is 10.1 Å². The third-order valence-electron chi connectivity index (χ3n) is 3.92. The van der Waals surface area contributed by atoms with E-state index in [1.54, 1.807) is 7.11 Å². The fourth-order valence-corrected chi connectivity index (χ4v) is 2.96. The maximum absolute atomic E-state index is 14.1. The van der Waals surface area contributed by atoms with Gasteiger partial charge in [0.15, 0.2) is 0 Å². The largest absolute Gasteiger partial charge is 0.497 e. The van der Waals surface area contributed by atoms with E-state index in [-0.39, 0.29) is 5.82 Å². The molecule has 0 aliphatic heterocycles. The molecule has 2 rings (SSSR count). The van der Waals surface area contributed by atoms with Crippen LogP contribution in [0.15, 0.2) is 18.2 Å². The van der Waals surface area contributed by atoms with Crippen LogP contribution in [0.25, 0.3) is 0 Å². The van der Waals surface area contributed by atoms with Gasteiger partial charge in [0.2, 0.25) is 0 Å². The molecule has 1 N–H and O–H groups in total. The number of hydrogen-bond donors (Lipinski definition) is 1. The van der Waals surface area contributed by atoms with E-state index in [9.17, 15) is 4.39 Å². The lowest BCUT2D eigenvalue weighted by Crippen LogP contribution is -2.24. The molecule has 0 spiro atoms. The number of rotatable bonds is 5. The maximum Gasteiger partial charge on any atom is 0.130 e. The third kappa shape index (κ3) is 2.83. The Bertz CT molecular complexity index is 394. The second kappa shape index (κ2) is 6.19. The van der Waals surface area contributed by atoms with E-state index in [2.05, 4.69) is 12.2 Å². The molecule has 0 amide bonds. The molecule has 1 aliphatic carbocycles. The summed E-state index contributed by atoms with van der Waals surface area (Å²) in [5.74, 6) is 1.39. The summed E-state index contributed by atoms with van der Waals surface area (Å²) in [5.41, 5.74) is 0.858. The SMILES string of the molecule is CCNCC1CCCC1c1ccc(OC)cc1F. The summed E-state index contributed by atoms with van der Waals surface area (Å²) in [6.07, 6.45) is 3.49. The average Bonchev–Trinajstić information content (AvgIpc) is 2.84. The normalized spacial score (nSPS) is 23.3. The predicted molar refractivity (Wildman–Crippen MR) is 71.6 cm³/mol. The molecule has 0 bridgehead atoms. The van der Waals surface area contributed by atoms with Crippen LogP contribution in [-0.4, -0.2) is 20.2 Å². The molecular formula is C15H22FNO. The molecule has 1 fully saturated rings. The van der Waals surface area contributed by atoms with Gasteiger partial charge in [0.1, 0.15) is 11.6 Å². The van der Waals surface area contributed by atoms with E-state index in [1.807, 2.05) is 12.1 Å². The molecule has 1 aromatic carbocycles. The molecule has 2 nitrogen and oxygen atoms in total. The Balaban J connectivity index is 2.14. The van der Waals surface area contributed by atoms with E-state index >= 15 is 0 Å². The molecule has 0 saturated heterocycles. The van der Waals surface area contributed by atoms with Crippen LogP contribution in [0.5, 0.6) is 5.75 Å². The molecule has 1 aromatic rings. The Labute approximate surface area is 109 Å². The summed E-state index contributed by atoms with van der Waals surface area (Å²) in [7, 11) is 1.57. The van der Waals surface area contributed by atoms with Crippen molar-refractivity contribution in [1.82, 2.24) is 5.32 Å². The van der Waals surface area contributed by atoms with E-state index < -0.39 is 0 Å². The number of benzene rings is 1. The molecule has 0 aromatic heterocycles. The van der Waals surface area contributed by atoms with Gasteiger partial charge in [-0.15, -0.1) is 0 Å². The van der Waals surface area contributed by atoms with Crippen molar-refractivity contribution in [2.75, 3.05) is 20.2 Å². The van der Waals surface area contributed by atoms with Crippen molar-refractivity contribution in [2.45, 2.75) is 32.1 Å². The van der Waals surface area contributed by atoms with Gasteiger partial charge in [-0.1, -0.05) is 19.4 Å². The molecule has 1 saturated carbocycles. The first kappa shape index (κ1) is 13.3.